The molecule has 0 spiro atoms. The van der Waals surface area contributed by atoms with Crippen molar-refractivity contribution >= 4 is 17.6 Å². The molecule has 6 heteroatoms. The smallest absolute Gasteiger partial charge is 0.321 e. The average molecular weight is 307 g/mol. The first-order valence-electron chi connectivity index (χ1n) is 7.48. The summed E-state index contributed by atoms with van der Waals surface area (Å²) in [5, 5.41) is 11.8. The summed E-state index contributed by atoms with van der Waals surface area (Å²) in [6.07, 6.45) is 1.86. The fraction of sp³-hybridized carbons (Fsp3) is 0.500. The third-order valence-electron chi connectivity index (χ3n) is 3.21. The summed E-state index contributed by atoms with van der Waals surface area (Å²) < 4.78 is 0. The number of rotatable bonds is 7. The van der Waals surface area contributed by atoms with E-state index in [9.17, 15) is 9.59 Å². The van der Waals surface area contributed by atoms with Crippen LogP contribution in [0.15, 0.2) is 24.3 Å². The fourth-order valence-electron chi connectivity index (χ4n) is 1.98. The molecular formula is C16H25N3O3. The zero-order valence-electron chi connectivity index (χ0n) is 13.5. The maximum atomic E-state index is 12.2. The van der Waals surface area contributed by atoms with Gasteiger partial charge < -0.3 is 20.2 Å². The van der Waals surface area contributed by atoms with Crippen molar-refractivity contribution in [2.75, 3.05) is 39.1 Å². The predicted octanol–water partition coefficient (Wildman–Crippen LogP) is 2.01. The lowest BCUT2D eigenvalue weighted by Gasteiger charge is -2.22. The number of aliphatic hydroxyl groups is 1. The van der Waals surface area contributed by atoms with E-state index in [1.165, 1.54) is 4.90 Å². The number of hydrogen-bond acceptors (Lipinski definition) is 3. The SMILES string of the molecule is CCCCN(CCO)C(=O)Nc1cccc(C(=O)N(C)C)c1. The highest BCUT2D eigenvalue weighted by atomic mass is 16.3. The van der Waals surface area contributed by atoms with Gasteiger partial charge in [-0.05, 0) is 24.6 Å². The van der Waals surface area contributed by atoms with Gasteiger partial charge in [-0.3, -0.25) is 4.79 Å². The van der Waals surface area contributed by atoms with Gasteiger partial charge in [-0.1, -0.05) is 19.4 Å². The summed E-state index contributed by atoms with van der Waals surface area (Å²) in [7, 11) is 3.36. The van der Waals surface area contributed by atoms with Crippen LogP contribution in [0.5, 0.6) is 0 Å². The largest absolute Gasteiger partial charge is 0.395 e. The van der Waals surface area contributed by atoms with Gasteiger partial charge in [-0.15, -0.1) is 0 Å². The highest BCUT2D eigenvalue weighted by molar-refractivity contribution is 5.96. The van der Waals surface area contributed by atoms with Crippen molar-refractivity contribution in [3.05, 3.63) is 29.8 Å². The first kappa shape index (κ1) is 18.0. The quantitative estimate of drug-likeness (QED) is 0.809. The maximum absolute atomic E-state index is 12.2. The number of carbonyl (C=O) groups excluding carboxylic acids is 2. The molecule has 0 heterocycles. The monoisotopic (exact) mass is 307 g/mol. The number of anilines is 1. The van der Waals surface area contributed by atoms with Crippen LogP contribution in [0.3, 0.4) is 0 Å². The lowest BCUT2D eigenvalue weighted by atomic mass is 10.2. The number of nitrogens with one attached hydrogen (secondary N) is 1. The standard InChI is InChI=1S/C16H25N3O3/c1-4-5-9-19(10-11-20)16(22)17-14-8-6-7-13(12-14)15(21)18(2)3/h6-8,12,20H,4-5,9-11H2,1-3H3,(H,17,22). The normalized spacial score (nSPS) is 10.2. The number of benzene rings is 1. The van der Waals surface area contributed by atoms with Gasteiger partial charge in [0.2, 0.25) is 0 Å². The molecule has 0 saturated heterocycles. The zero-order chi connectivity index (χ0) is 16.5. The van der Waals surface area contributed by atoms with Crippen LogP contribution in [-0.4, -0.2) is 60.6 Å². The Kier molecular flexibility index (Phi) is 7.39. The van der Waals surface area contributed by atoms with E-state index in [0.29, 0.717) is 24.3 Å². The molecule has 0 aliphatic rings. The van der Waals surface area contributed by atoms with E-state index in [1.54, 1.807) is 43.3 Å². The lowest BCUT2D eigenvalue weighted by molar-refractivity contribution is 0.0827. The van der Waals surface area contributed by atoms with Crippen LogP contribution in [0.2, 0.25) is 0 Å². The van der Waals surface area contributed by atoms with Gasteiger partial charge in [0.15, 0.2) is 0 Å². The molecule has 22 heavy (non-hydrogen) atoms. The van der Waals surface area contributed by atoms with E-state index >= 15 is 0 Å². The van der Waals surface area contributed by atoms with Crippen LogP contribution < -0.4 is 5.32 Å². The van der Waals surface area contributed by atoms with Gasteiger partial charge in [0, 0.05) is 38.4 Å². The van der Waals surface area contributed by atoms with Crippen LogP contribution in [0, 0.1) is 0 Å². The number of hydrogen-bond donors (Lipinski definition) is 2. The van der Waals surface area contributed by atoms with Gasteiger partial charge in [0.1, 0.15) is 0 Å². The summed E-state index contributed by atoms with van der Waals surface area (Å²) in [4.78, 5) is 27.2. The minimum Gasteiger partial charge on any atom is -0.395 e. The van der Waals surface area contributed by atoms with Gasteiger partial charge in [0.25, 0.3) is 5.91 Å². The van der Waals surface area contributed by atoms with E-state index in [-0.39, 0.29) is 18.5 Å². The molecule has 2 N–H and O–H groups in total. The molecule has 0 aliphatic carbocycles. The summed E-state index contributed by atoms with van der Waals surface area (Å²) in [5.74, 6) is -0.116. The molecule has 122 valence electrons. The molecule has 0 fully saturated rings. The predicted molar refractivity (Wildman–Crippen MR) is 87.0 cm³/mol. The molecule has 1 rings (SSSR count). The Morgan fingerprint density at radius 1 is 1.23 bits per heavy atom. The molecule has 0 unspecified atom stereocenters. The number of carbonyl (C=O) groups is 2. The van der Waals surface area contributed by atoms with Crippen molar-refractivity contribution in [3.8, 4) is 0 Å². The van der Waals surface area contributed by atoms with Crippen molar-refractivity contribution in [3.63, 3.8) is 0 Å². The van der Waals surface area contributed by atoms with Crippen molar-refractivity contribution in [2.45, 2.75) is 19.8 Å². The van der Waals surface area contributed by atoms with E-state index in [0.717, 1.165) is 12.8 Å². The highest BCUT2D eigenvalue weighted by Crippen LogP contribution is 2.13. The van der Waals surface area contributed by atoms with Crippen molar-refractivity contribution in [1.82, 2.24) is 9.80 Å². The molecule has 1 aromatic carbocycles. The molecular weight excluding hydrogens is 282 g/mol. The fourth-order valence-corrected chi connectivity index (χ4v) is 1.98. The van der Waals surface area contributed by atoms with E-state index in [2.05, 4.69) is 5.32 Å². The third kappa shape index (κ3) is 5.37. The molecule has 0 aliphatic heterocycles. The molecule has 6 nitrogen and oxygen atoms in total. The van der Waals surface area contributed by atoms with Crippen molar-refractivity contribution < 1.29 is 14.7 Å². The van der Waals surface area contributed by atoms with Gasteiger partial charge in [0.05, 0.1) is 6.61 Å². The number of amides is 3. The summed E-state index contributed by atoms with van der Waals surface area (Å²) in [6, 6.07) is 6.56. The molecule has 0 saturated carbocycles. The summed E-state index contributed by atoms with van der Waals surface area (Å²) in [6.45, 7) is 2.86. The minimum absolute atomic E-state index is 0.0731. The van der Waals surface area contributed by atoms with Crippen LogP contribution in [0.25, 0.3) is 0 Å². The molecule has 1 aromatic rings. The summed E-state index contributed by atoms with van der Waals surface area (Å²) in [5.41, 5.74) is 1.09. The van der Waals surface area contributed by atoms with E-state index in [1.807, 2.05) is 6.92 Å². The summed E-state index contributed by atoms with van der Waals surface area (Å²) >= 11 is 0. The Morgan fingerprint density at radius 3 is 2.55 bits per heavy atom. The van der Waals surface area contributed by atoms with E-state index in [4.69, 9.17) is 5.11 Å². The Balaban J connectivity index is 2.77. The molecule has 0 radical (unpaired) electrons. The Morgan fingerprint density at radius 2 is 1.95 bits per heavy atom. The van der Waals surface area contributed by atoms with E-state index < -0.39 is 0 Å². The van der Waals surface area contributed by atoms with Crippen molar-refractivity contribution in [2.24, 2.45) is 0 Å². The van der Waals surface area contributed by atoms with Crippen molar-refractivity contribution in [1.29, 1.82) is 0 Å². The maximum Gasteiger partial charge on any atom is 0.321 e. The Bertz CT molecular complexity index is 503. The minimum atomic E-state index is -0.267. The van der Waals surface area contributed by atoms with Gasteiger partial charge >= 0.3 is 6.03 Å². The number of unbranched alkanes of at least 4 members (excludes halogenated alkanes) is 1. The van der Waals surface area contributed by atoms with Crippen LogP contribution in [0.4, 0.5) is 10.5 Å². The zero-order valence-corrected chi connectivity index (χ0v) is 13.5. The second-order valence-corrected chi connectivity index (χ2v) is 5.27. The van der Waals surface area contributed by atoms with Crippen LogP contribution in [-0.2, 0) is 0 Å². The molecule has 0 atom stereocenters. The van der Waals surface area contributed by atoms with Crippen LogP contribution in [0.1, 0.15) is 30.1 Å². The first-order chi connectivity index (χ1) is 10.5. The second-order valence-electron chi connectivity index (χ2n) is 5.27. The number of nitrogens with zero attached hydrogens (tertiary/aromatic N) is 2. The van der Waals surface area contributed by atoms with Crippen LogP contribution >= 0.6 is 0 Å². The topological polar surface area (TPSA) is 72.9 Å². The molecule has 0 bridgehead atoms. The molecule has 0 aromatic heterocycles. The Hall–Kier alpha value is -2.08. The van der Waals surface area contributed by atoms with Gasteiger partial charge in [-0.25, -0.2) is 4.79 Å². The second kappa shape index (κ2) is 9.04. The molecule has 3 amide bonds. The third-order valence-corrected chi connectivity index (χ3v) is 3.21. The average Bonchev–Trinajstić information content (AvgIpc) is 2.50. The number of aliphatic hydroxyl groups excluding tert-OH is 1. The van der Waals surface area contributed by atoms with Gasteiger partial charge in [-0.2, -0.15) is 0 Å². The first-order valence-corrected chi connectivity index (χ1v) is 7.48. The highest BCUT2D eigenvalue weighted by Gasteiger charge is 2.14. The lowest BCUT2D eigenvalue weighted by Crippen LogP contribution is -2.37. The Labute approximate surface area is 131 Å². The number of urea groups is 1.